The Balaban J connectivity index is 2.33. The number of carbonyl (C=O) groups excluding carboxylic acids is 1. The van der Waals surface area contributed by atoms with Crippen LogP contribution in [0.3, 0.4) is 0 Å². The van der Waals surface area contributed by atoms with E-state index in [4.69, 9.17) is 5.73 Å². The van der Waals surface area contributed by atoms with Crippen LogP contribution in [-0.2, 0) is 0 Å². The number of Topliss-reactive ketones (excluding diaryl/α,β-unsaturated/α-hetero) is 1. The van der Waals surface area contributed by atoms with Gasteiger partial charge >= 0.3 is 0 Å². The monoisotopic (exact) mass is 189 g/mol. The van der Waals surface area contributed by atoms with Gasteiger partial charge in [0.25, 0.3) is 0 Å². The van der Waals surface area contributed by atoms with E-state index in [9.17, 15) is 4.79 Å². The van der Waals surface area contributed by atoms with Crippen LogP contribution in [-0.4, -0.2) is 11.3 Å². The van der Waals surface area contributed by atoms with Gasteiger partial charge in [0.2, 0.25) is 0 Å². The summed E-state index contributed by atoms with van der Waals surface area (Å²) in [5.41, 5.74) is 8.44. The zero-order valence-electron chi connectivity index (χ0n) is 8.63. The number of aryl methyl sites for hydroxylation is 2. The Hall–Kier alpha value is -1.15. The Morgan fingerprint density at radius 3 is 2.43 bits per heavy atom. The topological polar surface area (TPSA) is 43.1 Å². The first-order chi connectivity index (χ1) is 6.53. The van der Waals surface area contributed by atoms with Crippen LogP contribution < -0.4 is 5.73 Å². The van der Waals surface area contributed by atoms with Gasteiger partial charge in [0.15, 0.2) is 5.78 Å². The molecule has 0 aliphatic heterocycles. The van der Waals surface area contributed by atoms with Gasteiger partial charge in [-0.15, -0.1) is 0 Å². The molecular formula is C12H15NO. The van der Waals surface area contributed by atoms with Gasteiger partial charge in [-0.25, -0.2) is 0 Å². The molecule has 2 nitrogen and oxygen atoms in total. The second kappa shape index (κ2) is 2.92. The summed E-state index contributed by atoms with van der Waals surface area (Å²) in [6.45, 7) is 4.06. The second-order valence-electron chi connectivity index (χ2n) is 4.28. The van der Waals surface area contributed by atoms with Crippen molar-refractivity contribution in [1.29, 1.82) is 0 Å². The number of carbonyl (C=O) groups is 1. The van der Waals surface area contributed by atoms with E-state index in [2.05, 4.69) is 0 Å². The van der Waals surface area contributed by atoms with Crippen molar-refractivity contribution in [3.8, 4) is 0 Å². The van der Waals surface area contributed by atoms with Crippen molar-refractivity contribution in [2.24, 2.45) is 5.73 Å². The maximum Gasteiger partial charge on any atom is 0.182 e. The third kappa shape index (κ3) is 1.46. The van der Waals surface area contributed by atoms with Crippen LogP contribution in [0, 0.1) is 13.8 Å². The van der Waals surface area contributed by atoms with Gasteiger partial charge in [0, 0.05) is 5.56 Å². The van der Waals surface area contributed by atoms with E-state index in [0.717, 1.165) is 24.0 Å². The molecule has 2 N–H and O–H groups in total. The molecule has 1 aromatic rings. The molecule has 74 valence electrons. The summed E-state index contributed by atoms with van der Waals surface area (Å²) in [7, 11) is 0. The van der Waals surface area contributed by atoms with Gasteiger partial charge in [-0.1, -0.05) is 12.1 Å². The molecule has 1 aliphatic rings. The number of hydrogen-bond acceptors (Lipinski definition) is 2. The minimum absolute atomic E-state index is 0.0978. The van der Waals surface area contributed by atoms with Gasteiger partial charge in [0.1, 0.15) is 0 Å². The first-order valence-electron chi connectivity index (χ1n) is 4.94. The van der Waals surface area contributed by atoms with E-state index in [1.807, 2.05) is 32.0 Å². The molecule has 2 rings (SSSR count). The predicted octanol–water partition coefficient (Wildman–Crippen LogP) is 1.98. The largest absolute Gasteiger partial charge is 0.319 e. The third-order valence-electron chi connectivity index (χ3n) is 3.01. The lowest BCUT2D eigenvalue weighted by Gasteiger charge is -2.09. The number of ketones is 1. The van der Waals surface area contributed by atoms with Crippen molar-refractivity contribution in [3.63, 3.8) is 0 Å². The lowest BCUT2D eigenvalue weighted by molar-refractivity contribution is 0.0949. The van der Waals surface area contributed by atoms with Crippen LogP contribution in [0.4, 0.5) is 0 Å². The first-order valence-corrected chi connectivity index (χ1v) is 4.94. The molecule has 1 aromatic carbocycles. The molecule has 1 saturated carbocycles. The maximum absolute atomic E-state index is 11.9. The van der Waals surface area contributed by atoms with Crippen molar-refractivity contribution in [3.05, 3.63) is 34.9 Å². The average molecular weight is 189 g/mol. The molecule has 0 bridgehead atoms. The van der Waals surface area contributed by atoms with Crippen molar-refractivity contribution in [2.45, 2.75) is 32.2 Å². The Kier molecular flexibility index (Phi) is 1.96. The molecule has 0 heterocycles. The fraction of sp³-hybridized carbons (Fsp3) is 0.417. The van der Waals surface area contributed by atoms with Crippen molar-refractivity contribution >= 4 is 5.78 Å². The van der Waals surface area contributed by atoms with E-state index >= 15 is 0 Å². The van der Waals surface area contributed by atoms with Gasteiger partial charge in [0.05, 0.1) is 5.54 Å². The number of nitrogens with two attached hydrogens (primary N) is 1. The fourth-order valence-electron chi connectivity index (χ4n) is 1.53. The molecule has 0 atom stereocenters. The highest BCUT2D eigenvalue weighted by molar-refractivity contribution is 6.05. The van der Waals surface area contributed by atoms with Crippen LogP contribution >= 0.6 is 0 Å². The summed E-state index contributed by atoms with van der Waals surface area (Å²) in [5.74, 6) is 0.0978. The van der Waals surface area contributed by atoms with E-state index < -0.39 is 5.54 Å². The Morgan fingerprint density at radius 1 is 1.29 bits per heavy atom. The predicted molar refractivity (Wildman–Crippen MR) is 56.4 cm³/mol. The molecule has 0 saturated heterocycles. The lowest BCUT2D eigenvalue weighted by atomic mass is 9.99. The lowest BCUT2D eigenvalue weighted by Crippen LogP contribution is -2.32. The van der Waals surface area contributed by atoms with Gasteiger partial charge < -0.3 is 5.73 Å². The Bertz CT molecular complexity index is 391. The molecule has 0 spiro atoms. The molecule has 0 unspecified atom stereocenters. The smallest absolute Gasteiger partial charge is 0.182 e. The fourth-order valence-corrected chi connectivity index (χ4v) is 1.53. The van der Waals surface area contributed by atoms with E-state index in [0.29, 0.717) is 0 Å². The van der Waals surface area contributed by atoms with Crippen LogP contribution in [0.15, 0.2) is 18.2 Å². The van der Waals surface area contributed by atoms with Crippen molar-refractivity contribution in [1.82, 2.24) is 0 Å². The van der Waals surface area contributed by atoms with Crippen molar-refractivity contribution < 1.29 is 4.79 Å². The SMILES string of the molecule is Cc1ccc(C(=O)C2(N)CC2)cc1C. The Labute approximate surface area is 84.1 Å². The average Bonchev–Trinajstić information content (AvgIpc) is 2.89. The zero-order chi connectivity index (χ0) is 10.3. The molecular weight excluding hydrogens is 174 g/mol. The number of rotatable bonds is 2. The quantitative estimate of drug-likeness (QED) is 0.723. The summed E-state index contributed by atoms with van der Waals surface area (Å²) < 4.78 is 0. The molecule has 2 heteroatoms. The van der Waals surface area contributed by atoms with E-state index in [1.165, 1.54) is 5.56 Å². The van der Waals surface area contributed by atoms with Crippen LogP contribution in [0.2, 0.25) is 0 Å². The molecule has 0 amide bonds. The Morgan fingerprint density at radius 2 is 1.93 bits per heavy atom. The summed E-state index contributed by atoms with van der Waals surface area (Å²) in [6, 6.07) is 5.79. The summed E-state index contributed by atoms with van der Waals surface area (Å²) in [5, 5.41) is 0. The van der Waals surface area contributed by atoms with Gasteiger partial charge in [-0.3, -0.25) is 4.79 Å². The van der Waals surface area contributed by atoms with Gasteiger partial charge in [-0.05, 0) is 43.9 Å². The number of hydrogen-bond donors (Lipinski definition) is 1. The first kappa shape index (κ1) is 9.41. The van der Waals surface area contributed by atoms with Crippen LogP contribution in [0.25, 0.3) is 0 Å². The summed E-state index contributed by atoms with van der Waals surface area (Å²) in [6.07, 6.45) is 1.66. The van der Waals surface area contributed by atoms with Gasteiger partial charge in [-0.2, -0.15) is 0 Å². The molecule has 0 radical (unpaired) electrons. The summed E-state index contributed by atoms with van der Waals surface area (Å²) in [4.78, 5) is 11.9. The molecule has 0 aromatic heterocycles. The molecule has 1 fully saturated rings. The minimum atomic E-state index is -0.540. The highest BCUT2D eigenvalue weighted by atomic mass is 16.1. The number of benzene rings is 1. The molecule has 1 aliphatic carbocycles. The third-order valence-corrected chi connectivity index (χ3v) is 3.01. The van der Waals surface area contributed by atoms with E-state index in [-0.39, 0.29) is 5.78 Å². The highest BCUT2D eigenvalue weighted by Gasteiger charge is 2.45. The van der Waals surface area contributed by atoms with Crippen LogP contribution in [0.1, 0.15) is 34.3 Å². The minimum Gasteiger partial charge on any atom is -0.319 e. The normalized spacial score (nSPS) is 17.9. The van der Waals surface area contributed by atoms with Crippen molar-refractivity contribution in [2.75, 3.05) is 0 Å². The second-order valence-corrected chi connectivity index (χ2v) is 4.28. The summed E-state index contributed by atoms with van der Waals surface area (Å²) >= 11 is 0. The zero-order valence-corrected chi connectivity index (χ0v) is 8.63. The van der Waals surface area contributed by atoms with Crippen LogP contribution in [0.5, 0.6) is 0 Å². The standard InChI is InChI=1S/C12H15NO/c1-8-3-4-10(7-9(8)2)11(14)12(13)5-6-12/h3-4,7H,5-6,13H2,1-2H3. The maximum atomic E-state index is 11.9. The van der Waals surface area contributed by atoms with E-state index in [1.54, 1.807) is 0 Å². The molecule has 14 heavy (non-hydrogen) atoms. The highest BCUT2D eigenvalue weighted by Crippen LogP contribution is 2.35.